The normalized spacial score (nSPS) is 22.9. The molecule has 20 heavy (non-hydrogen) atoms. The zero-order chi connectivity index (χ0) is 14.9. The van der Waals surface area contributed by atoms with Crippen LogP contribution in [-0.4, -0.2) is 13.0 Å². The van der Waals surface area contributed by atoms with Crippen LogP contribution in [0.2, 0.25) is 0 Å². The number of halogens is 2. The average molecular weight is 314 g/mol. The number of anilines is 1. The second-order valence-electron chi connectivity index (χ2n) is 5.50. The maximum Gasteiger partial charge on any atom is 0.228 e. The number of benzene rings is 1. The van der Waals surface area contributed by atoms with Crippen molar-refractivity contribution in [1.29, 1.82) is 0 Å². The first kappa shape index (κ1) is 15.2. The summed E-state index contributed by atoms with van der Waals surface area (Å²) in [5, 5.41) is 2.90. The highest BCUT2D eigenvalue weighted by Gasteiger charge is 2.60. The molecule has 1 fully saturated rings. The zero-order valence-electron chi connectivity index (χ0n) is 11.6. The monoisotopic (exact) mass is 313 g/mol. The summed E-state index contributed by atoms with van der Waals surface area (Å²) in [6.45, 7) is 4.06. The van der Waals surface area contributed by atoms with Crippen LogP contribution < -0.4 is 10.1 Å². The van der Waals surface area contributed by atoms with Gasteiger partial charge in [-0.2, -0.15) is 0 Å². The van der Waals surface area contributed by atoms with E-state index >= 15 is 0 Å². The summed E-state index contributed by atoms with van der Waals surface area (Å²) in [6, 6.07) is 7.23. The van der Waals surface area contributed by atoms with Gasteiger partial charge in [-0.15, -0.1) is 0 Å². The molecule has 1 amide bonds. The number of amides is 1. The molecule has 5 heteroatoms. The predicted molar refractivity (Wildman–Crippen MR) is 82.2 cm³/mol. The minimum Gasteiger partial charge on any atom is -0.497 e. The van der Waals surface area contributed by atoms with Crippen molar-refractivity contribution < 1.29 is 9.53 Å². The number of hydrogen-bond donors (Lipinski definition) is 1. The van der Waals surface area contributed by atoms with Gasteiger partial charge in [-0.3, -0.25) is 4.79 Å². The Labute approximate surface area is 128 Å². The minimum absolute atomic E-state index is 0.0176. The Morgan fingerprint density at radius 3 is 2.40 bits per heavy atom. The van der Waals surface area contributed by atoms with E-state index in [0.29, 0.717) is 0 Å². The molecule has 108 valence electrons. The van der Waals surface area contributed by atoms with Crippen LogP contribution in [0.15, 0.2) is 34.8 Å². The van der Waals surface area contributed by atoms with E-state index in [4.69, 9.17) is 27.9 Å². The molecule has 1 aromatic rings. The molecule has 1 aliphatic carbocycles. The molecule has 1 aromatic carbocycles. The molecular formula is C15H17Cl2NO2. The van der Waals surface area contributed by atoms with Crippen molar-refractivity contribution in [3.63, 3.8) is 0 Å². The molecule has 0 saturated heterocycles. The third kappa shape index (κ3) is 3.10. The third-order valence-corrected chi connectivity index (χ3v) is 4.11. The SMILES string of the molecule is COc1ccc(NC(=O)[C@@H]2[C@@H](C=C(Cl)Cl)C2(C)C)cc1. The molecule has 0 radical (unpaired) electrons. The highest BCUT2D eigenvalue weighted by atomic mass is 35.5. The lowest BCUT2D eigenvalue weighted by Gasteiger charge is -2.07. The molecule has 1 N–H and O–H groups in total. The Kier molecular flexibility index (Phi) is 4.31. The van der Waals surface area contributed by atoms with Crippen LogP contribution in [0.3, 0.4) is 0 Å². The van der Waals surface area contributed by atoms with E-state index < -0.39 is 0 Å². The molecule has 0 bridgehead atoms. The Balaban J connectivity index is 2.04. The van der Waals surface area contributed by atoms with Gasteiger partial charge in [0.05, 0.1) is 13.0 Å². The van der Waals surface area contributed by atoms with Crippen molar-refractivity contribution in [3.8, 4) is 5.75 Å². The first-order chi connectivity index (χ1) is 9.36. The Bertz CT molecular complexity index is 533. The number of rotatable bonds is 4. The number of hydrogen-bond acceptors (Lipinski definition) is 2. The van der Waals surface area contributed by atoms with Gasteiger partial charge in [0.1, 0.15) is 10.2 Å². The maximum atomic E-state index is 12.3. The smallest absolute Gasteiger partial charge is 0.228 e. The average Bonchev–Trinajstić information content (AvgIpc) is 2.91. The van der Waals surface area contributed by atoms with Crippen LogP contribution in [0.1, 0.15) is 13.8 Å². The second kappa shape index (κ2) is 5.66. The standard InChI is InChI=1S/C15H17Cl2NO2/c1-15(2)11(8-12(16)17)13(15)14(19)18-9-4-6-10(20-3)7-5-9/h4-8,11,13H,1-3H3,(H,18,19)/t11-,13+/m1/s1. The molecule has 2 atom stereocenters. The lowest BCUT2D eigenvalue weighted by molar-refractivity contribution is -0.118. The summed E-state index contributed by atoms with van der Waals surface area (Å²) in [5.41, 5.74) is 0.629. The van der Waals surface area contributed by atoms with Crippen LogP contribution in [0, 0.1) is 17.3 Å². The van der Waals surface area contributed by atoms with E-state index in [2.05, 4.69) is 5.32 Å². The van der Waals surface area contributed by atoms with Crippen molar-refractivity contribution in [3.05, 3.63) is 34.8 Å². The highest BCUT2D eigenvalue weighted by Crippen LogP contribution is 2.60. The van der Waals surface area contributed by atoms with Crippen molar-refractivity contribution in [2.45, 2.75) is 13.8 Å². The fourth-order valence-electron chi connectivity index (χ4n) is 2.52. The first-order valence-corrected chi connectivity index (χ1v) is 7.09. The van der Waals surface area contributed by atoms with Crippen molar-refractivity contribution in [1.82, 2.24) is 0 Å². The summed E-state index contributed by atoms with van der Waals surface area (Å²) in [7, 11) is 1.60. The molecular weight excluding hydrogens is 297 g/mol. The molecule has 0 heterocycles. The van der Waals surface area contributed by atoms with E-state index in [9.17, 15) is 4.79 Å². The fraction of sp³-hybridized carbons (Fsp3) is 0.400. The number of carbonyl (C=O) groups excluding carboxylic acids is 1. The summed E-state index contributed by atoms with van der Waals surface area (Å²) in [5.74, 6) is 0.698. The summed E-state index contributed by atoms with van der Waals surface area (Å²) >= 11 is 11.4. The molecule has 3 nitrogen and oxygen atoms in total. The van der Waals surface area contributed by atoms with Gasteiger partial charge in [-0.25, -0.2) is 0 Å². The Hall–Kier alpha value is -1.19. The highest BCUT2D eigenvalue weighted by molar-refractivity contribution is 6.55. The lowest BCUT2D eigenvalue weighted by Crippen LogP contribution is -2.16. The number of nitrogens with one attached hydrogen (secondary N) is 1. The van der Waals surface area contributed by atoms with Gasteiger partial charge in [0.2, 0.25) is 5.91 Å². The summed E-state index contributed by atoms with van der Waals surface area (Å²) in [6.07, 6.45) is 1.74. The third-order valence-electron chi connectivity index (χ3n) is 3.86. The fourth-order valence-corrected chi connectivity index (χ4v) is 2.79. The van der Waals surface area contributed by atoms with Crippen molar-refractivity contribution in [2.24, 2.45) is 17.3 Å². The van der Waals surface area contributed by atoms with E-state index in [0.717, 1.165) is 11.4 Å². The lowest BCUT2D eigenvalue weighted by atomic mass is 10.1. The first-order valence-electron chi connectivity index (χ1n) is 6.34. The van der Waals surface area contributed by atoms with E-state index in [1.54, 1.807) is 25.3 Å². The van der Waals surface area contributed by atoms with Crippen LogP contribution >= 0.6 is 23.2 Å². The summed E-state index contributed by atoms with van der Waals surface area (Å²) in [4.78, 5) is 12.3. The molecule has 0 spiro atoms. The van der Waals surface area contributed by atoms with Crippen LogP contribution in [0.25, 0.3) is 0 Å². The van der Waals surface area contributed by atoms with Gasteiger partial charge in [-0.05, 0) is 41.7 Å². The van der Waals surface area contributed by atoms with Crippen molar-refractivity contribution >= 4 is 34.8 Å². The molecule has 0 unspecified atom stereocenters. The minimum atomic E-state index is -0.119. The van der Waals surface area contributed by atoms with E-state index in [-0.39, 0.29) is 27.6 Å². The molecule has 0 aliphatic heterocycles. The Morgan fingerprint density at radius 2 is 1.90 bits per heavy atom. The van der Waals surface area contributed by atoms with Gasteiger partial charge in [0, 0.05) is 5.69 Å². The van der Waals surface area contributed by atoms with Crippen LogP contribution in [-0.2, 0) is 4.79 Å². The zero-order valence-corrected chi connectivity index (χ0v) is 13.1. The maximum absolute atomic E-state index is 12.3. The van der Waals surface area contributed by atoms with E-state index in [1.807, 2.05) is 26.0 Å². The topological polar surface area (TPSA) is 38.3 Å². The molecule has 0 aromatic heterocycles. The van der Waals surface area contributed by atoms with Gasteiger partial charge in [0.15, 0.2) is 0 Å². The number of allylic oxidation sites excluding steroid dienone is 1. The summed E-state index contributed by atoms with van der Waals surface area (Å²) < 4.78 is 5.29. The van der Waals surface area contributed by atoms with Gasteiger partial charge >= 0.3 is 0 Å². The van der Waals surface area contributed by atoms with E-state index in [1.165, 1.54) is 0 Å². The van der Waals surface area contributed by atoms with Gasteiger partial charge < -0.3 is 10.1 Å². The van der Waals surface area contributed by atoms with Crippen LogP contribution in [0.5, 0.6) is 5.75 Å². The number of carbonyl (C=O) groups is 1. The molecule has 1 aliphatic rings. The van der Waals surface area contributed by atoms with Crippen molar-refractivity contribution in [2.75, 3.05) is 12.4 Å². The number of methoxy groups -OCH3 is 1. The number of ether oxygens (including phenoxy) is 1. The molecule has 1 saturated carbocycles. The Morgan fingerprint density at radius 1 is 1.30 bits per heavy atom. The predicted octanol–water partition coefficient (Wildman–Crippen LogP) is 4.22. The largest absolute Gasteiger partial charge is 0.497 e. The van der Waals surface area contributed by atoms with Gasteiger partial charge in [0.25, 0.3) is 0 Å². The second-order valence-corrected chi connectivity index (χ2v) is 6.51. The van der Waals surface area contributed by atoms with Crippen LogP contribution in [0.4, 0.5) is 5.69 Å². The molecule has 2 rings (SSSR count). The van der Waals surface area contributed by atoms with Gasteiger partial charge in [-0.1, -0.05) is 37.0 Å². The quantitative estimate of drug-likeness (QED) is 0.903.